The van der Waals surface area contributed by atoms with Gasteiger partial charge in [0.1, 0.15) is 5.75 Å². The van der Waals surface area contributed by atoms with Crippen LogP contribution in [0.4, 0.5) is 13.2 Å². The molecule has 0 aliphatic rings. The zero-order valence-corrected chi connectivity index (χ0v) is 8.09. The highest BCUT2D eigenvalue weighted by Crippen LogP contribution is 2.26. The summed E-state index contributed by atoms with van der Waals surface area (Å²) in [5, 5.41) is 17.3. The smallest absolute Gasteiger partial charge is 0.406 e. The van der Waals surface area contributed by atoms with Crippen molar-refractivity contribution in [2.24, 2.45) is 0 Å². The van der Waals surface area contributed by atoms with Gasteiger partial charge in [-0.2, -0.15) is 10.5 Å². The Bertz CT molecular complexity index is 459. The Morgan fingerprint density at radius 2 is 1.56 bits per heavy atom. The van der Waals surface area contributed by atoms with Gasteiger partial charge in [-0.3, -0.25) is 0 Å². The highest BCUT2D eigenvalue weighted by molar-refractivity contribution is 5.52. The standard InChI is InChI=1S/C10H5F3N2O/c1-6-7(4-14)2-9(3-8(6)5-15)16-10(11,12)13/h2-3H,1H3. The van der Waals surface area contributed by atoms with E-state index in [2.05, 4.69) is 4.74 Å². The van der Waals surface area contributed by atoms with Gasteiger partial charge in [0.05, 0.1) is 23.3 Å². The zero-order valence-electron chi connectivity index (χ0n) is 8.09. The lowest BCUT2D eigenvalue weighted by molar-refractivity contribution is -0.274. The fourth-order valence-electron chi connectivity index (χ4n) is 1.11. The Labute approximate surface area is 89.3 Å². The van der Waals surface area contributed by atoms with Crippen molar-refractivity contribution < 1.29 is 17.9 Å². The first-order chi connectivity index (χ1) is 7.37. The van der Waals surface area contributed by atoms with E-state index >= 15 is 0 Å². The van der Waals surface area contributed by atoms with Gasteiger partial charge in [-0.15, -0.1) is 13.2 Å². The number of ether oxygens (including phenoxy) is 1. The van der Waals surface area contributed by atoms with Gasteiger partial charge in [0.15, 0.2) is 0 Å². The van der Waals surface area contributed by atoms with Crippen LogP contribution >= 0.6 is 0 Å². The molecule has 3 nitrogen and oxygen atoms in total. The number of halogens is 3. The van der Waals surface area contributed by atoms with E-state index in [1.807, 2.05) is 0 Å². The normalized spacial score (nSPS) is 10.4. The maximum Gasteiger partial charge on any atom is 0.573 e. The van der Waals surface area contributed by atoms with Crippen LogP contribution < -0.4 is 4.74 Å². The van der Waals surface area contributed by atoms with Crippen LogP contribution in [0.25, 0.3) is 0 Å². The van der Waals surface area contributed by atoms with E-state index in [0.717, 1.165) is 12.1 Å². The summed E-state index contributed by atoms with van der Waals surface area (Å²) >= 11 is 0. The second-order valence-electron chi connectivity index (χ2n) is 2.91. The summed E-state index contributed by atoms with van der Waals surface area (Å²) in [4.78, 5) is 0. The maximum atomic E-state index is 11.9. The molecule has 16 heavy (non-hydrogen) atoms. The molecular formula is C10H5F3N2O. The van der Waals surface area contributed by atoms with E-state index in [9.17, 15) is 13.2 Å². The first-order valence-corrected chi connectivity index (χ1v) is 4.08. The van der Waals surface area contributed by atoms with Crippen molar-refractivity contribution in [1.82, 2.24) is 0 Å². The Hall–Kier alpha value is -2.21. The Morgan fingerprint density at radius 1 is 1.12 bits per heavy atom. The molecule has 1 rings (SSSR count). The molecule has 0 aliphatic carbocycles. The van der Waals surface area contributed by atoms with Gasteiger partial charge in [0.2, 0.25) is 0 Å². The Balaban J connectivity index is 3.25. The van der Waals surface area contributed by atoms with Gasteiger partial charge in [-0.05, 0) is 24.6 Å². The lowest BCUT2D eigenvalue weighted by Crippen LogP contribution is -2.17. The predicted octanol–water partition coefficient (Wildman–Crippen LogP) is 2.64. The van der Waals surface area contributed by atoms with Crippen LogP contribution in [0.1, 0.15) is 16.7 Å². The van der Waals surface area contributed by atoms with Crippen LogP contribution in [0.3, 0.4) is 0 Å². The first-order valence-electron chi connectivity index (χ1n) is 4.08. The van der Waals surface area contributed by atoms with E-state index in [0.29, 0.717) is 5.56 Å². The summed E-state index contributed by atoms with van der Waals surface area (Å²) in [5.41, 5.74) is 0.302. The SMILES string of the molecule is Cc1c(C#N)cc(OC(F)(F)F)cc1C#N. The fraction of sp³-hybridized carbons (Fsp3) is 0.200. The lowest BCUT2D eigenvalue weighted by atomic mass is 10.0. The molecule has 0 aromatic heterocycles. The number of benzene rings is 1. The molecule has 6 heteroatoms. The molecule has 82 valence electrons. The molecule has 0 saturated carbocycles. The van der Waals surface area contributed by atoms with Gasteiger partial charge in [-0.25, -0.2) is 0 Å². The molecule has 0 radical (unpaired) electrons. The third kappa shape index (κ3) is 2.64. The summed E-state index contributed by atoms with van der Waals surface area (Å²) in [6, 6.07) is 5.29. The topological polar surface area (TPSA) is 56.8 Å². The molecule has 0 unspecified atom stereocenters. The van der Waals surface area contributed by atoms with Gasteiger partial charge in [0, 0.05) is 0 Å². The maximum absolute atomic E-state index is 11.9. The van der Waals surface area contributed by atoms with Crippen molar-refractivity contribution in [3.8, 4) is 17.9 Å². The quantitative estimate of drug-likeness (QED) is 0.739. The summed E-state index contributed by atoms with van der Waals surface area (Å²) in [6.07, 6.45) is -4.84. The molecule has 0 aliphatic heterocycles. The molecule has 0 amide bonds. The number of nitrogens with zero attached hydrogens (tertiary/aromatic N) is 2. The summed E-state index contributed by atoms with van der Waals surface area (Å²) < 4.78 is 39.4. The second kappa shape index (κ2) is 4.11. The van der Waals surface area contributed by atoms with Crippen LogP contribution in [0.15, 0.2) is 12.1 Å². The van der Waals surface area contributed by atoms with E-state index < -0.39 is 12.1 Å². The largest absolute Gasteiger partial charge is 0.573 e. The van der Waals surface area contributed by atoms with Crippen molar-refractivity contribution in [1.29, 1.82) is 10.5 Å². The molecule has 1 aromatic rings. The molecule has 0 fully saturated rings. The summed E-state index contributed by atoms with van der Waals surface area (Å²) in [5.74, 6) is -0.564. The van der Waals surface area contributed by atoms with Crippen molar-refractivity contribution in [2.45, 2.75) is 13.3 Å². The van der Waals surface area contributed by atoms with E-state index in [-0.39, 0.29) is 11.1 Å². The van der Waals surface area contributed by atoms with Gasteiger partial charge in [-0.1, -0.05) is 0 Å². The van der Waals surface area contributed by atoms with Crippen molar-refractivity contribution in [2.75, 3.05) is 0 Å². The summed E-state index contributed by atoms with van der Waals surface area (Å²) in [7, 11) is 0. The lowest BCUT2D eigenvalue weighted by Gasteiger charge is -2.10. The van der Waals surface area contributed by atoms with E-state index in [1.165, 1.54) is 6.92 Å². The van der Waals surface area contributed by atoms with Crippen LogP contribution in [0.5, 0.6) is 5.75 Å². The van der Waals surface area contributed by atoms with Gasteiger partial charge in [0.25, 0.3) is 0 Å². The minimum Gasteiger partial charge on any atom is -0.406 e. The number of rotatable bonds is 1. The number of nitriles is 2. The molecule has 1 aromatic carbocycles. The third-order valence-corrected chi connectivity index (χ3v) is 1.86. The number of alkyl halides is 3. The average Bonchev–Trinajstić information content (AvgIpc) is 2.18. The molecule has 0 N–H and O–H groups in total. The average molecular weight is 226 g/mol. The molecular weight excluding hydrogens is 221 g/mol. The van der Waals surface area contributed by atoms with Crippen molar-refractivity contribution >= 4 is 0 Å². The van der Waals surface area contributed by atoms with Crippen LogP contribution in [0.2, 0.25) is 0 Å². The Kier molecular flexibility index (Phi) is 3.05. The minimum atomic E-state index is -4.84. The van der Waals surface area contributed by atoms with E-state index in [1.54, 1.807) is 12.1 Å². The van der Waals surface area contributed by atoms with Crippen LogP contribution in [0, 0.1) is 29.6 Å². The van der Waals surface area contributed by atoms with Crippen LogP contribution in [-0.2, 0) is 0 Å². The predicted molar refractivity (Wildman–Crippen MR) is 47.3 cm³/mol. The monoisotopic (exact) mass is 226 g/mol. The highest BCUT2D eigenvalue weighted by Gasteiger charge is 2.31. The summed E-state index contributed by atoms with van der Waals surface area (Å²) in [6.45, 7) is 1.48. The van der Waals surface area contributed by atoms with Crippen molar-refractivity contribution in [3.05, 3.63) is 28.8 Å². The zero-order chi connectivity index (χ0) is 12.3. The van der Waals surface area contributed by atoms with Gasteiger partial charge >= 0.3 is 6.36 Å². The first kappa shape index (κ1) is 11.9. The number of hydrogen-bond acceptors (Lipinski definition) is 3. The highest BCUT2D eigenvalue weighted by atomic mass is 19.4. The second-order valence-corrected chi connectivity index (χ2v) is 2.91. The van der Waals surface area contributed by atoms with E-state index in [4.69, 9.17) is 10.5 Å². The molecule has 0 heterocycles. The number of hydrogen-bond donors (Lipinski definition) is 0. The molecule has 0 bridgehead atoms. The molecule has 0 saturated heterocycles. The van der Waals surface area contributed by atoms with Crippen LogP contribution in [-0.4, -0.2) is 6.36 Å². The Morgan fingerprint density at radius 3 is 1.88 bits per heavy atom. The van der Waals surface area contributed by atoms with Gasteiger partial charge < -0.3 is 4.74 Å². The third-order valence-electron chi connectivity index (χ3n) is 1.86. The van der Waals surface area contributed by atoms with Crippen molar-refractivity contribution in [3.63, 3.8) is 0 Å². The molecule has 0 spiro atoms. The molecule has 0 atom stereocenters. The fourth-order valence-corrected chi connectivity index (χ4v) is 1.11. The minimum absolute atomic E-state index is 0.0155.